The summed E-state index contributed by atoms with van der Waals surface area (Å²) in [6, 6.07) is 0. The van der Waals surface area contributed by atoms with Crippen LogP contribution in [0, 0.1) is 11.8 Å². The van der Waals surface area contributed by atoms with Gasteiger partial charge in [-0.3, -0.25) is 0 Å². The summed E-state index contributed by atoms with van der Waals surface area (Å²) < 4.78 is 0. The van der Waals surface area contributed by atoms with Crippen LogP contribution in [0.5, 0.6) is 0 Å². The van der Waals surface area contributed by atoms with Crippen LogP contribution in [-0.4, -0.2) is 48.3 Å². The lowest BCUT2D eigenvalue weighted by atomic mass is 9.64. The van der Waals surface area contributed by atoms with Gasteiger partial charge in [0, 0.05) is 18.6 Å². The summed E-state index contributed by atoms with van der Waals surface area (Å²) in [5.41, 5.74) is 0.0299. The number of rotatable bonds is 8. The second-order valence-corrected chi connectivity index (χ2v) is 5.80. The minimum Gasteiger partial charge on any atom is -0.394 e. The topological polar surface area (TPSA) is 35.5 Å². The zero-order valence-electron chi connectivity index (χ0n) is 12.0. The SMILES string of the molecule is CCN(CC)CCNC1(CO)CC(C(C)C)C1. The summed E-state index contributed by atoms with van der Waals surface area (Å²) in [6.07, 6.45) is 2.28. The van der Waals surface area contributed by atoms with Crippen molar-refractivity contribution >= 4 is 0 Å². The summed E-state index contributed by atoms with van der Waals surface area (Å²) in [5, 5.41) is 13.1. The lowest BCUT2D eigenvalue weighted by molar-refractivity contribution is 0.0175. The van der Waals surface area contributed by atoms with E-state index in [2.05, 4.69) is 37.9 Å². The second-order valence-electron chi connectivity index (χ2n) is 5.80. The first-order chi connectivity index (χ1) is 8.06. The maximum Gasteiger partial charge on any atom is 0.0613 e. The third kappa shape index (κ3) is 3.94. The highest BCUT2D eigenvalue weighted by Crippen LogP contribution is 2.41. The lowest BCUT2D eigenvalue weighted by Gasteiger charge is -2.49. The third-order valence-electron chi connectivity index (χ3n) is 4.37. The average molecular weight is 242 g/mol. The van der Waals surface area contributed by atoms with Gasteiger partial charge < -0.3 is 15.3 Å². The van der Waals surface area contributed by atoms with Crippen LogP contribution < -0.4 is 5.32 Å². The van der Waals surface area contributed by atoms with Crippen molar-refractivity contribution in [1.29, 1.82) is 0 Å². The van der Waals surface area contributed by atoms with E-state index in [-0.39, 0.29) is 12.1 Å². The van der Waals surface area contributed by atoms with E-state index in [1.54, 1.807) is 0 Å². The zero-order valence-corrected chi connectivity index (χ0v) is 12.0. The molecule has 0 unspecified atom stereocenters. The van der Waals surface area contributed by atoms with Crippen molar-refractivity contribution in [3.05, 3.63) is 0 Å². The minimum atomic E-state index is 0.0299. The molecule has 1 aliphatic carbocycles. The van der Waals surface area contributed by atoms with Crippen molar-refractivity contribution in [2.24, 2.45) is 11.8 Å². The maximum atomic E-state index is 9.54. The summed E-state index contributed by atoms with van der Waals surface area (Å²) in [4.78, 5) is 2.41. The van der Waals surface area contributed by atoms with Crippen molar-refractivity contribution in [2.45, 2.75) is 46.1 Å². The largest absolute Gasteiger partial charge is 0.394 e. The predicted octanol–water partition coefficient (Wildman–Crippen LogP) is 1.71. The highest BCUT2D eigenvalue weighted by molar-refractivity contribution is 5.01. The molecule has 0 atom stereocenters. The Balaban J connectivity index is 2.25. The molecule has 0 heterocycles. The molecule has 102 valence electrons. The van der Waals surface area contributed by atoms with Crippen LogP contribution in [0.15, 0.2) is 0 Å². The van der Waals surface area contributed by atoms with Gasteiger partial charge in [-0.25, -0.2) is 0 Å². The maximum absolute atomic E-state index is 9.54. The van der Waals surface area contributed by atoms with Gasteiger partial charge in [0.05, 0.1) is 6.61 Å². The van der Waals surface area contributed by atoms with Crippen LogP contribution in [0.2, 0.25) is 0 Å². The molecule has 17 heavy (non-hydrogen) atoms. The number of nitrogens with one attached hydrogen (secondary N) is 1. The molecule has 0 aliphatic heterocycles. The van der Waals surface area contributed by atoms with Gasteiger partial charge >= 0.3 is 0 Å². The van der Waals surface area contributed by atoms with Crippen LogP contribution >= 0.6 is 0 Å². The molecular weight excluding hydrogens is 212 g/mol. The fraction of sp³-hybridized carbons (Fsp3) is 1.00. The molecular formula is C14H30N2O. The quantitative estimate of drug-likeness (QED) is 0.680. The van der Waals surface area contributed by atoms with Gasteiger partial charge in [0.1, 0.15) is 0 Å². The molecule has 1 saturated carbocycles. The molecule has 1 aliphatic rings. The molecule has 3 nitrogen and oxygen atoms in total. The number of likely N-dealkylation sites (N-methyl/N-ethyl adjacent to an activating group) is 1. The van der Waals surface area contributed by atoms with Gasteiger partial charge in [0.15, 0.2) is 0 Å². The smallest absolute Gasteiger partial charge is 0.0613 e. The minimum absolute atomic E-state index is 0.0299. The van der Waals surface area contributed by atoms with Crippen molar-refractivity contribution in [3.8, 4) is 0 Å². The van der Waals surface area contributed by atoms with E-state index in [0.29, 0.717) is 0 Å². The van der Waals surface area contributed by atoms with E-state index in [4.69, 9.17) is 0 Å². The molecule has 2 N–H and O–H groups in total. The molecule has 0 saturated heterocycles. The Bertz CT molecular complexity index is 208. The molecule has 0 aromatic heterocycles. The van der Waals surface area contributed by atoms with E-state index < -0.39 is 0 Å². The standard InChI is InChI=1S/C14H30N2O/c1-5-16(6-2)8-7-15-14(11-17)9-13(10-14)12(3)4/h12-13,15,17H,5-11H2,1-4H3. The van der Waals surface area contributed by atoms with E-state index in [1.807, 2.05) is 0 Å². The van der Waals surface area contributed by atoms with Crippen molar-refractivity contribution < 1.29 is 5.11 Å². The first-order valence-electron chi connectivity index (χ1n) is 7.15. The molecule has 0 spiro atoms. The number of aliphatic hydroxyl groups is 1. The van der Waals surface area contributed by atoms with E-state index in [9.17, 15) is 5.11 Å². The van der Waals surface area contributed by atoms with Crippen molar-refractivity contribution in [2.75, 3.05) is 32.8 Å². The third-order valence-corrected chi connectivity index (χ3v) is 4.37. The Kier molecular flexibility index (Phi) is 5.90. The molecule has 0 aromatic carbocycles. The Hall–Kier alpha value is -0.120. The highest BCUT2D eigenvalue weighted by atomic mass is 16.3. The van der Waals surface area contributed by atoms with Gasteiger partial charge in [-0.15, -0.1) is 0 Å². The zero-order chi connectivity index (χ0) is 12.9. The van der Waals surface area contributed by atoms with Gasteiger partial charge in [-0.2, -0.15) is 0 Å². The van der Waals surface area contributed by atoms with Gasteiger partial charge in [0.25, 0.3) is 0 Å². The monoisotopic (exact) mass is 242 g/mol. The first kappa shape index (κ1) is 14.9. The second kappa shape index (κ2) is 6.72. The van der Waals surface area contributed by atoms with Crippen LogP contribution in [0.1, 0.15) is 40.5 Å². The predicted molar refractivity (Wildman–Crippen MR) is 73.2 cm³/mol. The Labute approximate surface area is 107 Å². The fourth-order valence-electron chi connectivity index (χ4n) is 2.76. The first-order valence-corrected chi connectivity index (χ1v) is 7.15. The van der Waals surface area contributed by atoms with Crippen LogP contribution in [0.3, 0.4) is 0 Å². The van der Waals surface area contributed by atoms with Crippen LogP contribution in [0.4, 0.5) is 0 Å². The van der Waals surface area contributed by atoms with Gasteiger partial charge in [-0.1, -0.05) is 27.7 Å². The number of hydrogen-bond donors (Lipinski definition) is 2. The Morgan fingerprint density at radius 3 is 2.29 bits per heavy atom. The molecule has 0 aromatic rings. The van der Waals surface area contributed by atoms with Gasteiger partial charge in [-0.05, 0) is 37.8 Å². The molecule has 0 radical (unpaired) electrons. The molecule has 1 fully saturated rings. The van der Waals surface area contributed by atoms with Gasteiger partial charge in [0.2, 0.25) is 0 Å². The lowest BCUT2D eigenvalue weighted by Crippen LogP contribution is -2.60. The molecule has 1 rings (SSSR count). The average Bonchev–Trinajstić information content (AvgIpc) is 2.27. The van der Waals surface area contributed by atoms with Crippen molar-refractivity contribution in [1.82, 2.24) is 10.2 Å². The highest BCUT2D eigenvalue weighted by Gasteiger charge is 2.44. The molecule has 0 amide bonds. The van der Waals surface area contributed by atoms with E-state index in [0.717, 1.165) is 50.9 Å². The summed E-state index contributed by atoms with van der Waals surface area (Å²) in [6.45, 7) is 13.5. The number of hydrogen-bond acceptors (Lipinski definition) is 3. The Morgan fingerprint density at radius 2 is 1.88 bits per heavy atom. The van der Waals surface area contributed by atoms with Crippen LogP contribution in [-0.2, 0) is 0 Å². The fourth-order valence-corrected chi connectivity index (χ4v) is 2.76. The molecule has 3 heteroatoms. The summed E-state index contributed by atoms with van der Waals surface area (Å²) >= 11 is 0. The summed E-state index contributed by atoms with van der Waals surface area (Å²) in [7, 11) is 0. The normalized spacial score (nSPS) is 28.8. The Morgan fingerprint density at radius 1 is 1.29 bits per heavy atom. The van der Waals surface area contributed by atoms with E-state index in [1.165, 1.54) is 0 Å². The summed E-state index contributed by atoms with van der Waals surface area (Å²) in [5.74, 6) is 1.54. The number of aliphatic hydroxyl groups excluding tert-OH is 1. The molecule has 0 bridgehead atoms. The van der Waals surface area contributed by atoms with Crippen LogP contribution in [0.25, 0.3) is 0 Å². The van der Waals surface area contributed by atoms with Crippen molar-refractivity contribution in [3.63, 3.8) is 0 Å². The van der Waals surface area contributed by atoms with E-state index >= 15 is 0 Å². The number of nitrogens with zero attached hydrogens (tertiary/aromatic N) is 1.